The maximum absolute atomic E-state index is 3.83. The molecule has 176 valence electrons. The molecule has 3 heteroatoms. The lowest BCUT2D eigenvalue weighted by Gasteiger charge is -2.33. The summed E-state index contributed by atoms with van der Waals surface area (Å²) in [5.74, 6) is 1.68. The van der Waals surface area contributed by atoms with E-state index in [1.165, 1.54) is 41.3 Å². The van der Waals surface area contributed by atoms with Crippen molar-refractivity contribution in [3.8, 4) is 0 Å². The standard InChI is InChI=1S/C30H37BrS2/c1-32(2,27-11-7-5-8-12-27)29-20-24(29)16-22-15-23(19-26(31)18-22)17-25-21-30(25)33(3,4)28-13-9-6-10-14-28/h5-15,18-19,24-25,29-30H,16-17,20-21H2,1-4H3/t24-,25+,29-,30+. The normalized spacial score (nSPS) is 25.5. The van der Waals surface area contributed by atoms with Gasteiger partial charge in [0, 0.05) is 4.47 Å². The molecule has 3 aromatic rings. The Labute approximate surface area is 212 Å². The van der Waals surface area contributed by atoms with Crippen LogP contribution in [0.2, 0.25) is 0 Å². The van der Waals surface area contributed by atoms with Crippen molar-refractivity contribution in [1.29, 1.82) is 0 Å². The first-order valence-electron chi connectivity index (χ1n) is 12.1. The Kier molecular flexibility index (Phi) is 6.52. The zero-order valence-corrected chi connectivity index (χ0v) is 23.6. The van der Waals surface area contributed by atoms with Crippen LogP contribution < -0.4 is 0 Å². The van der Waals surface area contributed by atoms with Gasteiger partial charge in [-0.3, -0.25) is 0 Å². The van der Waals surface area contributed by atoms with Gasteiger partial charge >= 0.3 is 0 Å². The molecule has 0 bridgehead atoms. The second-order valence-electron chi connectivity index (χ2n) is 10.9. The minimum Gasteiger partial charge on any atom is -0.217 e. The fourth-order valence-corrected chi connectivity index (χ4v) is 12.3. The van der Waals surface area contributed by atoms with Gasteiger partial charge in [0.2, 0.25) is 0 Å². The summed E-state index contributed by atoms with van der Waals surface area (Å²) < 4.78 is 1.26. The average Bonchev–Trinajstić information content (AvgIpc) is 3.71. The number of hydrogen-bond acceptors (Lipinski definition) is 0. The van der Waals surface area contributed by atoms with Crippen molar-refractivity contribution in [1.82, 2.24) is 0 Å². The molecule has 2 saturated carbocycles. The predicted molar refractivity (Wildman–Crippen MR) is 154 cm³/mol. The molecule has 2 aliphatic rings. The molecule has 0 N–H and O–H groups in total. The SMILES string of the molecule is CS(C)(c1ccccc1)[C@@H]1C[C@H]1Cc1cc(Br)cc(C[C@H]2C[C@@H]2S(C)(C)c2ccccc2)c1. The molecule has 0 aromatic heterocycles. The van der Waals surface area contributed by atoms with Crippen molar-refractivity contribution in [3.05, 3.63) is 94.5 Å². The van der Waals surface area contributed by atoms with Crippen LogP contribution in [-0.2, 0) is 12.8 Å². The van der Waals surface area contributed by atoms with Gasteiger partial charge in [0.25, 0.3) is 0 Å². The van der Waals surface area contributed by atoms with E-state index >= 15 is 0 Å². The summed E-state index contributed by atoms with van der Waals surface area (Å²) >= 11 is 3.83. The third-order valence-electron chi connectivity index (χ3n) is 7.94. The zero-order chi connectivity index (χ0) is 23.2. The summed E-state index contributed by atoms with van der Waals surface area (Å²) in [5.41, 5.74) is 3.06. The van der Waals surface area contributed by atoms with Crippen molar-refractivity contribution < 1.29 is 0 Å². The first kappa shape index (κ1) is 23.6. The first-order valence-corrected chi connectivity index (χ1v) is 17.9. The van der Waals surface area contributed by atoms with E-state index in [0.29, 0.717) is 0 Å². The smallest absolute Gasteiger partial charge is 0.0180 e. The monoisotopic (exact) mass is 540 g/mol. The third kappa shape index (κ3) is 5.11. The van der Waals surface area contributed by atoms with Crippen LogP contribution in [0.4, 0.5) is 0 Å². The highest BCUT2D eigenvalue weighted by Gasteiger charge is 2.46. The zero-order valence-electron chi connectivity index (χ0n) is 20.3. The maximum Gasteiger partial charge on any atom is 0.0180 e. The molecule has 0 spiro atoms. The molecular formula is C30H37BrS2. The Bertz CT molecular complexity index is 1020. The highest BCUT2D eigenvalue weighted by atomic mass is 79.9. The summed E-state index contributed by atoms with van der Waals surface area (Å²) in [6, 6.07) is 29.7. The third-order valence-corrected chi connectivity index (χ3v) is 15.6. The lowest BCUT2D eigenvalue weighted by atomic mass is 10.0. The minimum absolute atomic E-state index is 0.723. The Hall–Kier alpha value is -1.16. The number of rotatable bonds is 8. The van der Waals surface area contributed by atoms with Gasteiger partial charge in [-0.1, -0.05) is 82.7 Å². The molecule has 5 rings (SSSR count). The summed E-state index contributed by atoms with van der Waals surface area (Å²) in [4.78, 5) is 3.13. The quantitative estimate of drug-likeness (QED) is 0.268. The Balaban J connectivity index is 1.23. The summed E-state index contributed by atoms with van der Waals surface area (Å²) in [6.45, 7) is 0. The van der Waals surface area contributed by atoms with Crippen LogP contribution in [0.1, 0.15) is 24.0 Å². The maximum atomic E-state index is 3.83. The van der Waals surface area contributed by atoms with Gasteiger partial charge in [0.1, 0.15) is 0 Å². The van der Waals surface area contributed by atoms with Crippen LogP contribution in [0, 0.1) is 11.8 Å². The van der Waals surface area contributed by atoms with Crippen molar-refractivity contribution in [2.45, 2.75) is 46.0 Å². The van der Waals surface area contributed by atoms with E-state index in [0.717, 1.165) is 22.3 Å². The van der Waals surface area contributed by atoms with Crippen LogP contribution in [0.3, 0.4) is 0 Å². The van der Waals surface area contributed by atoms with Crippen LogP contribution in [0.25, 0.3) is 0 Å². The predicted octanol–water partition coefficient (Wildman–Crippen LogP) is 8.56. The number of benzene rings is 3. The van der Waals surface area contributed by atoms with Crippen LogP contribution >= 0.6 is 36.0 Å². The first-order chi connectivity index (χ1) is 15.7. The molecule has 0 nitrogen and oxygen atoms in total. The van der Waals surface area contributed by atoms with E-state index in [4.69, 9.17) is 0 Å². The van der Waals surface area contributed by atoms with Gasteiger partial charge in [-0.15, -0.1) is 0 Å². The molecule has 0 unspecified atom stereocenters. The Morgan fingerprint density at radius 3 is 1.42 bits per heavy atom. The van der Waals surface area contributed by atoms with Crippen LogP contribution in [0.5, 0.6) is 0 Å². The van der Waals surface area contributed by atoms with Gasteiger partial charge in [0.05, 0.1) is 0 Å². The molecule has 0 radical (unpaired) electrons. The minimum atomic E-state index is -0.723. The van der Waals surface area contributed by atoms with Gasteiger partial charge < -0.3 is 0 Å². The molecular weight excluding hydrogens is 504 g/mol. The second kappa shape index (κ2) is 9.13. The topological polar surface area (TPSA) is 0 Å². The number of halogens is 1. The molecule has 0 heterocycles. The molecule has 3 aromatic carbocycles. The van der Waals surface area contributed by atoms with E-state index in [1.54, 1.807) is 9.79 Å². The molecule has 0 amide bonds. The average molecular weight is 542 g/mol. The van der Waals surface area contributed by atoms with E-state index in [1.807, 2.05) is 0 Å². The second-order valence-corrected chi connectivity index (χ2v) is 19.6. The molecule has 0 aliphatic heterocycles. The van der Waals surface area contributed by atoms with E-state index in [-0.39, 0.29) is 0 Å². The van der Waals surface area contributed by atoms with Crippen molar-refractivity contribution >= 4 is 36.0 Å². The summed E-state index contributed by atoms with van der Waals surface area (Å²) in [7, 11) is -1.45. The molecule has 4 atom stereocenters. The van der Waals surface area contributed by atoms with Gasteiger partial charge in [-0.2, -0.15) is 0 Å². The molecule has 2 aliphatic carbocycles. The van der Waals surface area contributed by atoms with Crippen molar-refractivity contribution in [2.75, 3.05) is 25.0 Å². The van der Waals surface area contributed by atoms with Crippen molar-refractivity contribution in [3.63, 3.8) is 0 Å². The molecule has 33 heavy (non-hydrogen) atoms. The highest BCUT2D eigenvalue weighted by molar-refractivity contribution is 9.10. The highest BCUT2D eigenvalue weighted by Crippen LogP contribution is 2.66. The number of hydrogen-bond donors (Lipinski definition) is 0. The lowest BCUT2D eigenvalue weighted by molar-refractivity contribution is 0.811. The summed E-state index contributed by atoms with van der Waals surface area (Å²) in [5, 5.41) is 1.73. The molecule has 0 saturated heterocycles. The van der Waals surface area contributed by atoms with E-state index in [2.05, 4.69) is 120 Å². The Morgan fingerprint density at radius 1 is 0.636 bits per heavy atom. The molecule has 2 fully saturated rings. The van der Waals surface area contributed by atoms with Crippen LogP contribution in [0.15, 0.2) is 93.1 Å². The van der Waals surface area contributed by atoms with Crippen LogP contribution in [-0.4, -0.2) is 35.5 Å². The van der Waals surface area contributed by atoms with Gasteiger partial charge in [-0.05, 0) is 106 Å². The van der Waals surface area contributed by atoms with Crippen molar-refractivity contribution in [2.24, 2.45) is 11.8 Å². The van der Waals surface area contributed by atoms with E-state index in [9.17, 15) is 0 Å². The van der Waals surface area contributed by atoms with Gasteiger partial charge in [0.15, 0.2) is 0 Å². The van der Waals surface area contributed by atoms with E-state index < -0.39 is 20.1 Å². The fourth-order valence-electron chi connectivity index (χ4n) is 5.76. The van der Waals surface area contributed by atoms with Gasteiger partial charge in [-0.25, -0.2) is 20.1 Å². The summed E-state index contributed by atoms with van der Waals surface area (Å²) in [6.07, 6.45) is 15.3. The fraction of sp³-hybridized carbons (Fsp3) is 0.400. The Morgan fingerprint density at radius 2 is 1.03 bits per heavy atom. The lowest BCUT2D eigenvalue weighted by Crippen LogP contribution is -2.07. The largest absolute Gasteiger partial charge is 0.217 e.